The number of likely N-dealkylation sites (tertiary alicyclic amines) is 1. The van der Waals surface area contributed by atoms with Crippen LogP contribution in [0.3, 0.4) is 0 Å². The Bertz CT molecular complexity index is 269. The summed E-state index contributed by atoms with van der Waals surface area (Å²) in [5.41, 5.74) is 0. The van der Waals surface area contributed by atoms with Crippen molar-refractivity contribution in [3.8, 4) is 0 Å². The van der Waals surface area contributed by atoms with E-state index in [0.29, 0.717) is 6.04 Å². The summed E-state index contributed by atoms with van der Waals surface area (Å²) in [6.07, 6.45) is 8.40. The van der Waals surface area contributed by atoms with Crippen LogP contribution in [0.15, 0.2) is 0 Å². The zero-order chi connectivity index (χ0) is 14.5. The van der Waals surface area contributed by atoms with Crippen molar-refractivity contribution in [3.05, 3.63) is 0 Å². The smallest absolute Gasteiger partial charge is 0.0100 e. The number of nitrogens with one attached hydrogen (secondary N) is 1. The van der Waals surface area contributed by atoms with Crippen LogP contribution < -0.4 is 5.32 Å². The van der Waals surface area contributed by atoms with Gasteiger partial charge in [-0.3, -0.25) is 0 Å². The monoisotopic (exact) mass is 280 g/mol. The molecule has 0 radical (unpaired) electrons. The molecule has 0 aromatic carbocycles. The lowest BCUT2D eigenvalue weighted by molar-refractivity contribution is 0.0604. The molecule has 1 aliphatic heterocycles. The van der Waals surface area contributed by atoms with E-state index in [-0.39, 0.29) is 0 Å². The molecule has 0 spiro atoms. The Morgan fingerprint density at radius 3 is 2.50 bits per heavy atom. The summed E-state index contributed by atoms with van der Waals surface area (Å²) < 4.78 is 0. The lowest BCUT2D eigenvalue weighted by atomic mass is 9.78. The summed E-state index contributed by atoms with van der Waals surface area (Å²) in [6.45, 7) is 13.4. The minimum absolute atomic E-state index is 0.691. The first-order valence-electron chi connectivity index (χ1n) is 9.07. The van der Waals surface area contributed by atoms with E-state index in [1.54, 1.807) is 0 Å². The summed E-state index contributed by atoms with van der Waals surface area (Å²) in [4.78, 5) is 2.84. The largest absolute Gasteiger partial charge is 0.314 e. The number of rotatable bonds is 5. The Hall–Kier alpha value is -0.0800. The molecule has 0 bridgehead atoms. The van der Waals surface area contributed by atoms with Crippen molar-refractivity contribution in [3.63, 3.8) is 0 Å². The highest BCUT2D eigenvalue weighted by molar-refractivity contribution is 4.87. The van der Waals surface area contributed by atoms with Crippen molar-refractivity contribution >= 4 is 0 Å². The average molecular weight is 281 g/mol. The van der Waals surface area contributed by atoms with E-state index in [1.807, 2.05) is 0 Å². The molecule has 1 N–H and O–H groups in total. The number of nitrogens with zero attached hydrogens (tertiary/aromatic N) is 1. The second-order valence-electron chi connectivity index (χ2n) is 7.71. The summed E-state index contributed by atoms with van der Waals surface area (Å²) in [5.74, 6) is 2.72. The Morgan fingerprint density at radius 2 is 1.85 bits per heavy atom. The molecule has 4 unspecified atom stereocenters. The van der Waals surface area contributed by atoms with Crippen molar-refractivity contribution in [2.24, 2.45) is 17.8 Å². The van der Waals surface area contributed by atoms with Gasteiger partial charge in [-0.15, -0.1) is 0 Å². The molecule has 1 saturated carbocycles. The van der Waals surface area contributed by atoms with Crippen LogP contribution in [0.2, 0.25) is 0 Å². The molecule has 1 aliphatic carbocycles. The first-order chi connectivity index (χ1) is 9.60. The predicted octanol–water partition coefficient (Wildman–Crippen LogP) is 3.91. The lowest BCUT2D eigenvalue weighted by Gasteiger charge is -2.44. The Kier molecular flexibility index (Phi) is 6.35. The van der Waals surface area contributed by atoms with Gasteiger partial charge in [-0.05, 0) is 76.3 Å². The van der Waals surface area contributed by atoms with Gasteiger partial charge in [-0.25, -0.2) is 0 Å². The first-order valence-corrected chi connectivity index (χ1v) is 9.07. The van der Waals surface area contributed by atoms with Gasteiger partial charge in [-0.2, -0.15) is 0 Å². The molecule has 2 nitrogen and oxygen atoms in total. The van der Waals surface area contributed by atoms with Crippen LogP contribution in [0.4, 0.5) is 0 Å². The molecule has 2 heteroatoms. The van der Waals surface area contributed by atoms with Crippen LogP contribution in [-0.4, -0.2) is 36.6 Å². The minimum atomic E-state index is 0.691. The Balaban J connectivity index is 1.86. The molecule has 2 rings (SSSR count). The molecular formula is C18H36N2. The van der Waals surface area contributed by atoms with Crippen molar-refractivity contribution < 1.29 is 0 Å². The average Bonchev–Trinajstić information content (AvgIpc) is 2.44. The van der Waals surface area contributed by atoms with E-state index in [2.05, 4.69) is 37.9 Å². The number of hydrogen-bond donors (Lipinski definition) is 1. The topological polar surface area (TPSA) is 15.3 Å². The van der Waals surface area contributed by atoms with Crippen LogP contribution in [0.1, 0.15) is 66.2 Å². The molecule has 118 valence electrons. The third kappa shape index (κ3) is 4.46. The fraction of sp³-hybridized carbons (Fsp3) is 1.00. The van der Waals surface area contributed by atoms with Crippen LogP contribution in [0, 0.1) is 17.8 Å². The zero-order valence-electron chi connectivity index (χ0n) is 14.2. The number of hydrogen-bond acceptors (Lipinski definition) is 2. The van der Waals surface area contributed by atoms with Gasteiger partial charge in [0.25, 0.3) is 0 Å². The van der Waals surface area contributed by atoms with E-state index in [0.717, 1.165) is 23.8 Å². The second-order valence-corrected chi connectivity index (χ2v) is 7.71. The molecule has 2 fully saturated rings. The minimum Gasteiger partial charge on any atom is -0.314 e. The van der Waals surface area contributed by atoms with Gasteiger partial charge in [0.05, 0.1) is 0 Å². The molecule has 0 aromatic rings. The van der Waals surface area contributed by atoms with Gasteiger partial charge >= 0.3 is 0 Å². The lowest BCUT2D eigenvalue weighted by Crippen LogP contribution is -2.49. The van der Waals surface area contributed by atoms with Crippen LogP contribution in [-0.2, 0) is 0 Å². The predicted molar refractivity (Wildman–Crippen MR) is 88.0 cm³/mol. The highest BCUT2D eigenvalue weighted by atomic mass is 15.2. The fourth-order valence-electron chi connectivity index (χ4n) is 4.52. The van der Waals surface area contributed by atoms with Gasteiger partial charge in [0.2, 0.25) is 0 Å². The molecular weight excluding hydrogens is 244 g/mol. The van der Waals surface area contributed by atoms with Crippen molar-refractivity contribution in [1.29, 1.82) is 0 Å². The molecule has 4 atom stereocenters. The maximum absolute atomic E-state index is 3.72. The summed E-state index contributed by atoms with van der Waals surface area (Å²) in [7, 11) is 0. The van der Waals surface area contributed by atoms with E-state index in [4.69, 9.17) is 0 Å². The fourth-order valence-corrected chi connectivity index (χ4v) is 4.52. The van der Waals surface area contributed by atoms with Crippen LogP contribution in [0.25, 0.3) is 0 Å². The van der Waals surface area contributed by atoms with Gasteiger partial charge in [0.1, 0.15) is 0 Å². The normalized spacial score (nSPS) is 37.8. The molecule has 0 aromatic heterocycles. The zero-order valence-corrected chi connectivity index (χ0v) is 14.2. The SMILES string of the molecule is CCCNC(C)C1CCCN(C2CC(C)CC(C)C2)C1. The third-order valence-electron chi connectivity index (χ3n) is 5.58. The van der Waals surface area contributed by atoms with E-state index in [1.165, 1.54) is 58.2 Å². The van der Waals surface area contributed by atoms with Crippen LogP contribution in [0.5, 0.6) is 0 Å². The highest BCUT2D eigenvalue weighted by Gasteiger charge is 2.32. The standard InChI is InChI=1S/C18H36N2/c1-5-8-19-16(4)17-7-6-9-20(13-17)18-11-14(2)10-15(3)12-18/h14-19H,5-13H2,1-4H3. The van der Waals surface area contributed by atoms with Crippen LogP contribution >= 0.6 is 0 Å². The van der Waals surface area contributed by atoms with Gasteiger partial charge in [0, 0.05) is 18.6 Å². The maximum Gasteiger partial charge on any atom is 0.0100 e. The van der Waals surface area contributed by atoms with Crippen molar-refractivity contribution in [2.75, 3.05) is 19.6 Å². The Morgan fingerprint density at radius 1 is 1.15 bits per heavy atom. The molecule has 0 amide bonds. The molecule has 1 saturated heterocycles. The van der Waals surface area contributed by atoms with Crippen molar-refractivity contribution in [2.45, 2.75) is 78.3 Å². The summed E-state index contributed by atoms with van der Waals surface area (Å²) in [5, 5.41) is 3.72. The third-order valence-corrected chi connectivity index (χ3v) is 5.58. The van der Waals surface area contributed by atoms with E-state index in [9.17, 15) is 0 Å². The van der Waals surface area contributed by atoms with Gasteiger partial charge < -0.3 is 10.2 Å². The molecule has 2 aliphatic rings. The van der Waals surface area contributed by atoms with E-state index >= 15 is 0 Å². The maximum atomic E-state index is 3.72. The van der Waals surface area contributed by atoms with Gasteiger partial charge in [0.15, 0.2) is 0 Å². The molecule has 1 heterocycles. The Labute approximate surface area is 126 Å². The summed E-state index contributed by atoms with van der Waals surface area (Å²) in [6, 6.07) is 1.56. The van der Waals surface area contributed by atoms with E-state index < -0.39 is 0 Å². The quantitative estimate of drug-likeness (QED) is 0.821. The second kappa shape index (κ2) is 7.79. The molecule has 20 heavy (non-hydrogen) atoms. The highest BCUT2D eigenvalue weighted by Crippen LogP contribution is 2.33. The number of piperidine rings is 1. The van der Waals surface area contributed by atoms with Gasteiger partial charge in [-0.1, -0.05) is 20.8 Å². The summed E-state index contributed by atoms with van der Waals surface area (Å²) >= 11 is 0. The van der Waals surface area contributed by atoms with Crippen molar-refractivity contribution in [1.82, 2.24) is 10.2 Å². The first kappa shape index (κ1) is 16.3.